The van der Waals surface area contributed by atoms with Gasteiger partial charge < -0.3 is 9.80 Å². The fourth-order valence-electron chi connectivity index (χ4n) is 2.59. The van der Waals surface area contributed by atoms with E-state index in [0.717, 1.165) is 42.8 Å². The summed E-state index contributed by atoms with van der Waals surface area (Å²) >= 11 is 3.39. The molecule has 0 atom stereocenters. The van der Waals surface area contributed by atoms with Crippen LogP contribution in [0.5, 0.6) is 0 Å². The summed E-state index contributed by atoms with van der Waals surface area (Å²) in [6.07, 6.45) is 1.84. The standard InChI is InChI=1S/C16H23BrN2O/c1-2-8-18-10-12-19(13-11-18)9-7-16(20)14-3-5-15(17)6-4-14/h3-6H,2,7-13H2,1H3. The highest BCUT2D eigenvalue weighted by Gasteiger charge is 2.16. The normalized spacial score (nSPS) is 17.3. The molecule has 2 rings (SSSR count). The lowest BCUT2D eigenvalue weighted by Gasteiger charge is -2.34. The van der Waals surface area contributed by atoms with Gasteiger partial charge in [0.05, 0.1) is 0 Å². The fourth-order valence-corrected chi connectivity index (χ4v) is 2.86. The Labute approximate surface area is 130 Å². The van der Waals surface area contributed by atoms with Gasteiger partial charge in [0.25, 0.3) is 0 Å². The van der Waals surface area contributed by atoms with Crippen molar-refractivity contribution < 1.29 is 4.79 Å². The molecule has 0 N–H and O–H groups in total. The molecule has 1 saturated heterocycles. The molecule has 0 aliphatic carbocycles. The van der Waals surface area contributed by atoms with Crippen molar-refractivity contribution in [1.82, 2.24) is 9.80 Å². The highest BCUT2D eigenvalue weighted by Crippen LogP contribution is 2.12. The maximum absolute atomic E-state index is 12.1. The number of ketones is 1. The number of hydrogen-bond donors (Lipinski definition) is 0. The number of piperazine rings is 1. The van der Waals surface area contributed by atoms with Crippen LogP contribution in [0.1, 0.15) is 30.1 Å². The number of halogens is 1. The lowest BCUT2D eigenvalue weighted by molar-refractivity contribution is 0.0928. The first-order valence-corrected chi connectivity index (χ1v) is 8.22. The summed E-state index contributed by atoms with van der Waals surface area (Å²) in [5.74, 6) is 0.244. The number of nitrogens with zero attached hydrogens (tertiary/aromatic N) is 2. The molecule has 1 aromatic carbocycles. The Bertz CT molecular complexity index is 425. The molecule has 1 heterocycles. The van der Waals surface area contributed by atoms with Gasteiger partial charge in [-0.1, -0.05) is 35.0 Å². The molecule has 1 aromatic rings. The van der Waals surface area contributed by atoms with Gasteiger partial charge in [0, 0.05) is 49.2 Å². The van der Waals surface area contributed by atoms with E-state index in [1.165, 1.54) is 13.0 Å². The molecule has 1 fully saturated rings. The summed E-state index contributed by atoms with van der Waals surface area (Å²) < 4.78 is 1.01. The number of hydrogen-bond acceptors (Lipinski definition) is 3. The van der Waals surface area contributed by atoms with Gasteiger partial charge >= 0.3 is 0 Å². The molecular weight excluding hydrogens is 316 g/mol. The zero-order valence-electron chi connectivity index (χ0n) is 12.1. The minimum atomic E-state index is 0.244. The molecule has 0 spiro atoms. The molecule has 0 amide bonds. The number of rotatable bonds is 6. The summed E-state index contributed by atoms with van der Waals surface area (Å²) in [6, 6.07) is 7.64. The van der Waals surface area contributed by atoms with Crippen LogP contribution < -0.4 is 0 Å². The van der Waals surface area contributed by atoms with Gasteiger partial charge in [0.1, 0.15) is 0 Å². The van der Waals surface area contributed by atoms with E-state index in [1.54, 1.807) is 0 Å². The SMILES string of the molecule is CCCN1CCN(CCC(=O)c2ccc(Br)cc2)CC1. The zero-order valence-corrected chi connectivity index (χ0v) is 13.7. The van der Waals surface area contributed by atoms with Crippen LogP contribution in [0.3, 0.4) is 0 Å². The van der Waals surface area contributed by atoms with E-state index in [-0.39, 0.29) is 5.78 Å². The first-order chi connectivity index (χ1) is 9.69. The minimum Gasteiger partial charge on any atom is -0.301 e. The van der Waals surface area contributed by atoms with Crippen LogP contribution >= 0.6 is 15.9 Å². The quantitative estimate of drug-likeness (QED) is 0.745. The molecular formula is C16H23BrN2O. The van der Waals surface area contributed by atoms with Crippen molar-refractivity contribution in [2.75, 3.05) is 39.3 Å². The summed E-state index contributed by atoms with van der Waals surface area (Å²) in [5, 5.41) is 0. The van der Waals surface area contributed by atoms with Crippen LogP contribution in [-0.2, 0) is 0 Å². The van der Waals surface area contributed by atoms with Crippen molar-refractivity contribution in [3.8, 4) is 0 Å². The van der Waals surface area contributed by atoms with Crippen LogP contribution in [0.2, 0.25) is 0 Å². The van der Waals surface area contributed by atoms with Crippen LogP contribution in [0, 0.1) is 0 Å². The lowest BCUT2D eigenvalue weighted by Crippen LogP contribution is -2.46. The number of carbonyl (C=O) groups is 1. The Morgan fingerprint density at radius 2 is 1.60 bits per heavy atom. The third-order valence-corrected chi connectivity index (χ3v) is 4.35. The van der Waals surface area contributed by atoms with Crippen LogP contribution in [0.15, 0.2) is 28.7 Å². The van der Waals surface area contributed by atoms with E-state index in [4.69, 9.17) is 0 Å². The summed E-state index contributed by atoms with van der Waals surface area (Å²) in [4.78, 5) is 17.0. The highest BCUT2D eigenvalue weighted by molar-refractivity contribution is 9.10. The van der Waals surface area contributed by atoms with Crippen molar-refractivity contribution in [3.63, 3.8) is 0 Å². The second-order valence-corrected chi connectivity index (χ2v) is 6.28. The molecule has 0 radical (unpaired) electrons. The monoisotopic (exact) mass is 338 g/mol. The van der Waals surface area contributed by atoms with Crippen molar-refractivity contribution >= 4 is 21.7 Å². The second-order valence-electron chi connectivity index (χ2n) is 5.36. The van der Waals surface area contributed by atoms with E-state index < -0.39 is 0 Å². The van der Waals surface area contributed by atoms with Crippen molar-refractivity contribution in [2.45, 2.75) is 19.8 Å². The van der Waals surface area contributed by atoms with Gasteiger partial charge in [-0.3, -0.25) is 4.79 Å². The van der Waals surface area contributed by atoms with Crippen molar-refractivity contribution in [1.29, 1.82) is 0 Å². The third kappa shape index (κ3) is 4.69. The third-order valence-electron chi connectivity index (χ3n) is 3.83. The van der Waals surface area contributed by atoms with Crippen molar-refractivity contribution in [2.24, 2.45) is 0 Å². The van der Waals surface area contributed by atoms with Gasteiger partial charge in [-0.15, -0.1) is 0 Å². The first kappa shape index (κ1) is 15.7. The average Bonchev–Trinajstić information content (AvgIpc) is 2.47. The summed E-state index contributed by atoms with van der Waals surface area (Å²) in [5.41, 5.74) is 0.817. The van der Waals surface area contributed by atoms with E-state index in [2.05, 4.69) is 32.7 Å². The second kappa shape index (κ2) is 7.91. The summed E-state index contributed by atoms with van der Waals surface area (Å²) in [6.45, 7) is 8.77. The Balaban J connectivity index is 1.73. The molecule has 3 nitrogen and oxygen atoms in total. The lowest BCUT2D eigenvalue weighted by atomic mass is 10.1. The minimum absolute atomic E-state index is 0.244. The molecule has 20 heavy (non-hydrogen) atoms. The van der Waals surface area contributed by atoms with Crippen molar-refractivity contribution in [3.05, 3.63) is 34.3 Å². The maximum Gasteiger partial charge on any atom is 0.164 e. The van der Waals surface area contributed by atoms with E-state index >= 15 is 0 Å². The molecule has 1 aliphatic heterocycles. The molecule has 0 unspecified atom stereocenters. The Morgan fingerprint density at radius 1 is 1.05 bits per heavy atom. The predicted molar refractivity (Wildman–Crippen MR) is 86.3 cm³/mol. The molecule has 1 aliphatic rings. The topological polar surface area (TPSA) is 23.6 Å². The van der Waals surface area contributed by atoms with Gasteiger partial charge in [0.2, 0.25) is 0 Å². The predicted octanol–water partition coefficient (Wildman–Crippen LogP) is 3.05. The fraction of sp³-hybridized carbons (Fsp3) is 0.562. The van der Waals surface area contributed by atoms with Gasteiger partial charge in [0.15, 0.2) is 5.78 Å². The zero-order chi connectivity index (χ0) is 14.4. The molecule has 0 saturated carbocycles. The van der Waals surface area contributed by atoms with E-state index in [9.17, 15) is 4.79 Å². The average molecular weight is 339 g/mol. The van der Waals surface area contributed by atoms with Gasteiger partial charge in [-0.2, -0.15) is 0 Å². The van der Waals surface area contributed by atoms with Gasteiger partial charge in [-0.25, -0.2) is 0 Å². The highest BCUT2D eigenvalue weighted by atomic mass is 79.9. The molecule has 4 heteroatoms. The van der Waals surface area contributed by atoms with Gasteiger partial charge in [-0.05, 0) is 25.1 Å². The smallest absolute Gasteiger partial charge is 0.164 e. The van der Waals surface area contributed by atoms with Crippen LogP contribution in [-0.4, -0.2) is 54.9 Å². The van der Waals surface area contributed by atoms with Crippen LogP contribution in [0.4, 0.5) is 0 Å². The Morgan fingerprint density at radius 3 is 2.15 bits per heavy atom. The first-order valence-electron chi connectivity index (χ1n) is 7.42. The Hall–Kier alpha value is -0.710. The number of benzene rings is 1. The van der Waals surface area contributed by atoms with E-state index in [0.29, 0.717) is 6.42 Å². The van der Waals surface area contributed by atoms with Crippen LogP contribution in [0.25, 0.3) is 0 Å². The molecule has 0 aromatic heterocycles. The summed E-state index contributed by atoms with van der Waals surface area (Å²) in [7, 11) is 0. The number of carbonyl (C=O) groups excluding carboxylic acids is 1. The molecule has 0 bridgehead atoms. The molecule has 110 valence electrons. The van der Waals surface area contributed by atoms with E-state index in [1.807, 2.05) is 24.3 Å². The largest absolute Gasteiger partial charge is 0.301 e. The Kier molecular flexibility index (Phi) is 6.20. The number of Topliss-reactive ketones (excluding diaryl/α,β-unsaturated/α-hetero) is 1. The maximum atomic E-state index is 12.1.